The third kappa shape index (κ3) is 6.50. The van der Waals surface area contributed by atoms with Gasteiger partial charge < -0.3 is 15.4 Å². The van der Waals surface area contributed by atoms with Gasteiger partial charge in [-0.3, -0.25) is 15.0 Å². The van der Waals surface area contributed by atoms with E-state index in [0.717, 1.165) is 55.8 Å². The maximum Gasteiger partial charge on any atom is 0.191 e. The lowest BCUT2D eigenvalue weighted by molar-refractivity contribution is 0.0177. The SMILES string of the molecule is CN=C(NCc1cccc(-c2ncn[nH]2)c1)NCC(c1ccc(C)s1)N1CCOCC1.I. The van der Waals surface area contributed by atoms with Crippen molar-refractivity contribution in [1.29, 1.82) is 0 Å². The summed E-state index contributed by atoms with van der Waals surface area (Å²) in [5, 5.41) is 13.8. The molecule has 0 radical (unpaired) electrons. The van der Waals surface area contributed by atoms with Gasteiger partial charge in [-0.25, -0.2) is 4.98 Å². The van der Waals surface area contributed by atoms with Crippen LogP contribution in [0, 0.1) is 6.92 Å². The Labute approximate surface area is 209 Å². The first kappa shape index (κ1) is 24.6. The molecule has 1 aliphatic rings. The standard InChI is InChI=1S/C22H29N7OS.HI/c1-16-6-7-20(31-16)19(29-8-10-30-11-9-29)14-25-22(23-2)24-13-17-4-3-5-18(12-17)21-26-15-27-28-21;/h3-7,12,15,19H,8-11,13-14H2,1-2H3,(H2,23,24,25)(H,26,27,28);1H. The number of nitrogens with one attached hydrogen (secondary N) is 3. The number of H-pyrrole nitrogens is 1. The van der Waals surface area contributed by atoms with Crippen LogP contribution in [0.2, 0.25) is 0 Å². The Morgan fingerprint density at radius 2 is 2.09 bits per heavy atom. The predicted octanol–water partition coefficient (Wildman–Crippen LogP) is 3.20. The average molecular weight is 568 g/mol. The molecule has 0 aliphatic carbocycles. The molecular formula is C22H30IN7OS. The monoisotopic (exact) mass is 567 g/mol. The van der Waals surface area contributed by atoms with Gasteiger partial charge in [-0.1, -0.05) is 18.2 Å². The number of guanidine groups is 1. The van der Waals surface area contributed by atoms with Crippen LogP contribution in [0.15, 0.2) is 47.7 Å². The lowest BCUT2D eigenvalue weighted by Gasteiger charge is -2.34. The number of morpholine rings is 1. The minimum absolute atomic E-state index is 0. The van der Waals surface area contributed by atoms with Crippen LogP contribution in [0.25, 0.3) is 11.4 Å². The molecular weight excluding hydrogens is 537 g/mol. The molecule has 3 heterocycles. The summed E-state index contributed by atoms with van der Waals surface area (Å²) in [5.74, 6) is 1.56. The van der Waals surface area contributed by atoms with Crippen molar-refractivity contribution >= 4 is 41.3 Å². The van der Waals surface area contributed by atoms with Crippen molar-refractivity contribution in [2.24, 2.45) is 4.99 Å². The van der Waals surface area contributed by atoms with Gasteiger partial charge in [-0.15, -0.1) is 35.3 Å². The summed E-state index contributed by atoms with van der Waals surface area (Å²) >= 11 is 1.86. The van der Waals surface area contributed by atoms with E-state index in [1.54, 1.807) is 7.05 Å². The molecule has 1 atom stereocenters. The molecule has 0 saturated carbocycles. The number of benzene rings is 1. The van der Waals surface area contributed by atoms with E-state index in [2.05, 4.69) is 66.9 Å². The summed E-state index contributed by atoms with van der Waals surface area (Å²) in [5.41, 5.74) is 2.16. The predicted molar refractivity (Wildman–Crippen MR) is 140 cm³/mol. The van der Waals surface area contributed by atoms with Gasteiger partial charge in [0.25, 0.3) is 0 Å². The molecule has 1 saturated heterocycles. The molecule has 2 aromatic heterocycles. The van der Waals surface area contributed by atoms with E-state index in [4.69, 9.17) is 4.74 Å². The Balaban J connectivity index is 0.00000289. The van der Waals surface area contributed by atoms with E-state index in [9.17, 15) is 0 Å². The van der Waals surface area contributed by atoms with Crippen LogP contribution >= 0.6 is 35.3 Å². The van der Waals surface area contributed by atoms with Crippen molar-refractivity contribution < 1.29 is 4.74 Å². The van der Waals surface area contributed by atoms with E-state index in [1.165, 1.54) is 16.1 Å². The molecule has 172 valence electrons. The molecule has 1 unspecified atom stereocenters. The van der Waals surface area contributed by atoms with Gasteiger partial charge in [0.2, 0.25) is 0 Å². The van der Waals surface area contributed by atoms with E-state index in [-0.39, 0.29) is 24.0 Å². The summed E-state index contributed by atoms with van der Waals surface area (Å²) in [6.45, 7) is 7.09. The van der Waals surface area contributed by atoms with Gasteiger partial charge in [0, 0.05) is 48.5 Å². The summed E-state index contributed by atoms with van der Waals surface area (Å²) in [7, 11) is 1.80. The quantitative estimate of drug-likeness (QED) is 0.231. The van der Waals surface area contributed by atoms with Gasteiger partial charge in [-0.05, 0) is 30.7 Å². The summed E-state index contributed by atoms with van der Waals surface area (Å²) in [6.07, 6.45) is 1.52. The smallest absolute Gasteiger partial charge is 0.191 e. The second-order valence-corrected chi connectivity index (χ2v) is 8.77. The molecule has 32 heavy (non-hydrogen) atoms. The van der Waals surface area contributed by atoms with Crippen LogP contribution in [0.1, 0.15) is 21.4 Å². The lowest BCUT2D eigenvalue weighted by atomic mass is 10.1. The van der Waals surface area contributed by atoms with Gasteiger partial charge >= 0.3 is 0 Å². The van der Waals surface area contributed by atoms with E-state index >= 15 is 0 Å². The molecule has 1 fully saturated rings. The molecule has 0 bridgehead atoms. The van der Waals surface area contributed by atoms with Gasteiger partial charge in [0.05, 0.1) is 19.3 Å². The summed E-state index contributed by atoms with van der Waals surface area (Å²) in [6, 6.07) is 13.0. The molecule has 4 rings (SSSR count). The van der Waals surface area contributed by atoms with Crippen molar-refractivity contribution in [3.05, 3.63) is 58.0 Å². The highest BCUT2D eigenvalue weighted by Gasteiger charge is 2.24. The first-order valence-corrected chi connectivity index (χ1v) is 11.3. The van der Waals surface area contributed by atoms with Crippen molar-refractivity contribution in [3.8, 4) is 11.4 Å². The Bertz CT molecular complexity index is 986. The topological polar surface area (TPSA) is 90.5 Å². The molecule has 10 heteroatoms. The normalized spacial score (nSPS) is 15.8. The Kier molecular flexibility index (Phi) is 9.45. The Morgan fingerprint density at radius 3 is 2.78 bits per heavy atom. The molecule has 3 N–H and O–H groups in total. The van der Waals surface area contributed by atoms with Crippen LogP contribution in [0.4, 0.5) is 0 Å². The number of nitrogens with zero attached hydrogens (tertiary/aromatic N) is 4. The average Bonchev–Trinajstić information content (AvgIpc) is 3.49. The van der Waals surface area contributed by atoms with Crippen molar-refractivity contribution in [3.63, 3.8) is 0 Å². The molecule has 0 amide bonds. The zero-order chi connectivity index (χ0) is 21.5. The van der Waals surface area contributed by atoms with Crippen molar-refractivity contribution in [2.75, 3.05) is 39.9 Å². The number of aliphatic imine (C=N–C) groups is 1. The van der Waals surface area contributed by atoms with Gasteiger partial charge in [0.15, 0.2) is 11.8 Å². The minimum atomic E-state index is 0. The number of thiophene rings is 1. The van der Waals surface area contributed by atoms with Gasteiger partial charge in [-0.2, -0.15) is 5.10 Å². The highest BCUT2D eigenvalue weighted by molar-refractivity contribution is 14.0. The van der Waals surface area contributed by atoms with Crippen molar-refractivity contribution in [1.82, 2.24) is 30.7 Å². The third-order valence-corrected chi connectivity index (χ3v) is 6.44. The first-order valence-electron chi connectivity index (χ1n) is 10.5. The minimum Gasteiger partial charge on any atom is -0.379 e. The number of aryl methyl sites for hydroxylation is 1. The molecule has 3 aromatic rings. The lowest BCUT2D eigenvalue weighted by Crippen LogP contribution is -2.46. The molecule has 1 aliphatic heterocycles. The summed E-state index contributed by atoms with van der Waals surface area (Å²) < 4.78 is 5.56. The van der Waals surface area contributed by atoms with Crippen LogP contribution in [0.5, 0.6) is 0 Å². The van der Waals surface area contributed by atoms with Crippen LogP contribution < -0.4 is 10.6 Å². The number of ether oxygens (including phenoxy) is 1. The number of aromatic amines is 1. The molecule has 1 aromatic carbocycles. The number of hydrogen-bond acceptors (Lipinski definition) is 6. The van der Waals surface area contributed by atoms with Crippen molar-refractivity contribution in [2.45, 2.75) is 19.5 Å². The fourth-order valence-corrected chi connectivity index (χ4v) is 4.72. The Hall–Kier alpha value is -2.02. The highest BCUT2D eigenvalue weighted by atomic mass is 127. The van der Waals surface area contributed by atoms with Crippen LogP contribution in [-0.4, -0.2) is 65.9 Å². The third-order valence-electron chi connectivity index (χ3n) is 5.34. The van der Waals surface area contributed by atoms with Gasteiger partial charge in [0.1, 0.15) is 6.33 Å². The zero-order valence-electron chi connectivity index (χ0n) is 18.4. The number of rotatable bonds is 7. The second-order valence-electron chi connectivity index (χ2n) is 7.45. The molecule has 8 nitrogen and oxygen atoms in total. The largest absolute Gasteiger partial charge is 0.379 e. The number of aromatic nitrogens is 3. The number of halogens is 1. The summed E-state index contributed by atoms with van der Waals surface area (Å²) in [4.78, 5) is 13.9. The van der Waals surface area contributed by atoms with Crippen LogP contribution in [-0.2, 0) is 11.3 Å². The fourth-order valence-electron chi connectivity index (χ4n) is 3.70. The fraction of sp³-hybridized carbons (Fsp3) is 0.409. The maximum absolute atomic E-state index is 5.56. The molecule has 0 spiro atoms. The second kappa shape index (κ2) is 12.3. The maximum atomic E-state index is 5.56. The van der Waals surface area contributed by atoms with Crippen LogP contribution in [0.3, 0.4) is 0 Å². The zero-order valence-corrected chi connectivity index (χ0v) is 21.5. The highest BCUT2D eigenvalue weighted by Crippen LogP contribution is 2.27. The number of hydrogen-bond donors (Lipinski definition) is 3. The van der Waals surface area contributed by atoms with E-state index in [0.29, 0.717) is 12.6 Å². The van der Waals surface area contributed by atoms with E-state index < -0.39 is 0 Å². The first-order chi connectivity index (χ1) is 15.2. The Morgan fingerprint density at radius 1 is 1.25 bits per heavy atom. The van der Waals surface area contributed by atoms with E-state index in [1.807, 2.05) is 23.5 Å².